The Bertz CT molecular complexity index is 1870. The van der Waals surface area contributed by atoms with Crippen molar-refractivity contribution in [1.29, 1.82) is 5.26 Å². The predicted octanol–water partition coefficient (Wildman–Crippen LogP) is 5.84. The first-order chi connectivity index (χ1) is 23.9. The molecule has 0 amide bonds. The summed E-state index contributed by atoms with van der Waals surface area (Å²) in [5.41, 5.74) is 0.964. The summed E-state index contributed by atoms with van der Waals surface area (Å²) in [5.74, 6) is 1.77. The van der Waals surface area contributed by atoms with E-state index in [9.17, 15) is 28.0 Å². The minimum absolute atomic E-state index is 0.0308. The molecule has 0 unspecified atom stereocenters. The summed E-state index contributed by atoms with van der Waals surface area (Å²) < 4.78 is 47.5. The van der Waals surface area contributed by atoms with Gasteiger partial charge in [0, 0.05) is 16.9 Å². The summed E-state index contributed by atoms with van der Waals surface area (Å²) >= 11 is 0. The van der Waals surface area contributed by atoms with E-state index in [-0.39, 0.29) is 34.9 Å². The lowest BCUT2D eigenvalue weighted by molar-refractivity contribution is -0.138. The van der Waals surface area contributed by atoms with Crippen molar-refractivity contribution in [2.24, 2.45) is 17.8 Å². The van der Waals surface area contributed by atoms with Crippen molar-refractivity contribution in [2.45, 2.75) is 76.0 Å². The van der Waals surface area contributed by atoms with Gasteiger partial charge in [0.25, 0.3) is 6.47 Å². The molecule has 0 spiro atoms. The Balaban J connectivity index is 0.00000139. The van der Waals surface area contributed by atoms with Crippen molar-refractivity contribution in [1.82, 2.24) is 20.1 Å². The highest BCUT2D eigenvalue weighted by atomic mass is 19.4. The van der Waals surface area contributed by atoms with Gasteiger partial charge >= 0.3 is 17.8 Å². The van der Waals surface area contributed by atoms with E-state index in [4.69, 9.17) is 14.6 Å². The maximum atomic E-state index is 13.7. The number of allylic oxidation sites excluding steroid dienone is 1. The molecule has 1 aromatic heterocycles. The topological polar surface area (TPSA) is 153 Å². The number of esters is 1. The summed E-state index contributed by atoms with van der Waals surface area (Å²) in [6.07, 6.45) is 4.54. The second-order valence-electron chi connectivity index (χ2n) is 13.8. The molecule has 4 saturated carbocycles. The van der Waals surface area contributed by atoms with Crippen molar-refractivity contribution in [3.8, 4) is 6.07 Å². The van der Waals surface area contributed by atoms with Crippen molar-refractivity contribution >= 4 is 24.1 Å². The van der Waals surface area contributed by atoms with Crippen LogP contribution < -0.4 is 15.9 Å². The Labute approximate surface area is 286 Å². The Morgan fingerprint density at radius 3 is 2.42 bits per heavy atom. The van der Waals surface area contributed by atoms with Gasteiger partial charge in [0.2, 0.25) is 5.95 Å². The Morgan fingerprint density at radius 1 is 1.16 bits per heavy atom. The molecule has 0 radical (unpaired) electrons. The monoisotopic (exact) mass is 692 g/mol. The Hall–Kier alpha value is -4.90. The normalized spacial score (nSPS) is 25.0. The van der Waals surface area contributed by atoms with Crippen LogP contribution in [-0.4, -0.2) is 51.5 Å². The summed E-state index contributed by atoms with van der Waals surface area (Å²) in [6.45, 7) is 2.15. The molecule has 5 aliphatic rings. The summed E-state index contributed by atoms with van der Waals surface area (Å²) in [5, 5.41) is 27.2. The Kier molecular flexibility index (Phi) is 9.63. The van der Waals surface area contributed by atoms with Gasteiger partial charge in [0.1, 0.15) is 6.04 Å². The maximum absolute atomic E-state index is 13.7. The number of hydrogen-bond acceptors (Lipinski definition) is 8. The number of hydrogen-bond donors (Lipinski definition) is 3. The van der Waals surface area contributed by atoms with Gasteiger partial charge in [-0.25, -0.2) is 19.3 Å². The fourth-order valence-corrected chi connectivity index (χ4v) is 9.20. The third-order valence-electron chi connectivity index (χ3n) is 10.7. The quantitative estimate of drug-likeness (QED) is 0.150. The van der Waals surface area contributed by atoms with Gasteiger partial charge in [-0.3, -0.25) is 9.69 Å². The fourth-order valence-electron chi connectivity index (χ4n) is 9.20. The molecule has 4 aliphatic carbocycles. The molecule has 50 heavy (non-hydrogen) atoms. The highest BCUT2D eigenvalue weighted by molar-refractivity contribution is 5.93. The van der Waals surface area contributed by atoms with E-state index < -0.39 is 29.4 Å². The van der Waals surface area contributed by atoms with Gasteiger partial charge in [-0.1, -0.05) is 12.1 Å². The average Bonchev–Trinajstić information content (AvgIpc) is 3.45. The number of H-pyrrole nitrogens is 1. The molecule has 3 aromatic rings. The summed E-state index contributed by atoms with van der Waals surface area (Å²) in [4.78, 5) is 36.6. The molecule has 264 valence electrons. The van der Waals surface area contributed by atoms with Crippen LogP contribution in [0.1, 0.15) is 80.2 Å². The molecule has 2 heterocycles. The van der Waals surface area contributed by atoms with E-state index in [2.05, 4.69) is 21.6 Å². The van der Waals surface area contributed by atoms with Crippen LogP contribution in [0, 0.1) is 29.1 Å². The van der Waals surface area contributed by atoms with Crippen LogP contribution in [0.3, 0.4) is 0 Å². The number of aryl methyl sites for hydroxylation is 1. The first kappa shape index (κ1) is 34.9. The van der Waals surface area contributed by atoms with E-state index in [1.165, 1.54) is 67.2 Å². The predicted molar refractivity (Wildman–Crippen MR) is 176 cm³/mol. The highest BCUT2D eigenvalue weighted by Gasteiger charge is 2.50. The number of aromatic nitrogens is 3. The largest absolute Gasteiger partial charge is 0.483 e. The molecule has 1 atom stereocenters. The minimum atomic E-state index is -4.61. The first-order valence-electron chi connectivity index (χ1n) is 16.7. The number of alkyl halides is 3. The lowest BCUT2D eigenvalue weighted by Crippen LogP contribution is -2.58. The average molecular weight is 693 g/mol. The number of halogens is 3. The molecule has 3 N–H and O–H groups in total. The third kappa shape index (κ3) is 6.54. The maximum Gasteiger partial charge on any atom is 0.416 e. The zero-order valence-electron chi connectivity index (χ0n) is 27.8. The molecule has 0 saturated heterocycles. The number of nitrogens with zero attached hydrogens (tertiary/aromatic N) is 4. The number of carbonyl (C=O) groups is 2. The lowest BCUT2D eigenvalue weighted by Gasteiger charge is -2.57. The number of benzene rings is 2. The molecule has 2 aromatic carbocycles. The second-order valence-corrected chi connectivity index (χ2v) is 13.8. The van der Waals surface area contributed by atoms with Crippen LogP contribution in [0.4, 0.5) is 24.8 Å². The van der Waals surface area contributed by atoms with Crippen molar-refractivity contribution in [2.75, 3.05) is 18.6 Å². The number of methoxy groups -OCH3 is 1. The fraction of sp³-hybridized carbons (Fsp3) is 0.472. The molecular weight excluding hydrogens is 653 g/mol. The molecule has 4 fully saturated rings. The number of fused-ring (bicyclic) bond motifs is 1. The summed E-state index contributed by atoms with van der Waals surface area (Å²) in [7, 11) is 1.22. The first-order valence-corrected chi connectivity index (χ1v) is 16.7. The molecule has 4 bridgehead atoms. The standard InChI is InChI=1S/C35H37F3N6O3.CH2O2/c1-20-29(31(45)47-2)30(44-32(41-42-33(44)46)43(20)27-7-3-6-26(15-27)35(36,37)38)28-9-8-21(19-39)14-25(28)5-4-10-40-34-16-22-11-23(17-34)13-24(12-22)18-34;2-1-3/h3,6-9,14-15,22-24,30,40H,4-5,10-13,16-18H2,1-2H3,(H,42,46);1H,(H,2,3)/t22?,23?,24?,30-,34?;/m1./s1. The van der Waals surface area contributed by atoms with E-state index in [1.807, 2.05) is 0 Å². The van der Waals surface area contributed by atoms with Crippen LogP contribution in [0.5, 0.6) is 0 Å². The smallest absolute Gasteiger partial charge is 0.416 e. The van der Waals surface area contributed by atoms with E-state index in [1.54, 1.807) is 25.1 Å². The Morgan fingerprint density at radius 2 is 1.82 bits per heavy atom. The number of rotatable bonds is 8. The number of nitrogens with one attached hydrogen (secondary N) is 2. The second kappa shape index (κ2) is 13.8. The van der Waals surface area contributed by atoms with Gasteiger partial charge in [0.15, 0.2) is 0 Å². The highest BCUT2D eigenvalue weighted by Crippen LogP contribution is 2.55. The minimum Gasteiger partial charge on any atom is -0.483 e. The van der Waals surface area contributed by atoms with Crippen LogP contribution in [-0.2, 0) is 26.9 Å². The molecule has 14 heteroatoms. The van der Waals surface area contributed by atoms with Crippen molar-refractivity contribution in [3.63, 3.8) is 0 Å². The zero-order chi connectivity index (χ0) is 35.8. The van der Waals surface area contributed by atoms with E-state index in [0.29, 0.717) is 17.5 Å². The number of ether oxygens (including phenoxy) is 1. The summed E-state index contributed by atoms with van der Waals surface area (Å²) in [6, 6.07) is 11.0. The SMILES string of the molecule is COC(=O)C1=C(C)N(c2cccc(C(F)(F)F)c2)c2n[nH]c(=O)n2[C@@H]1c1ccc(C#N)cc1CCCNC12CC3CC(CC(C3)C1)C2.O=CO. The van der Waals surface area contributed by atoms with Crippen LogP contribution >= 0.6 is 0 Å². The number of carboxylic acid groups (broad SMARTS) is 1. The van der Waals surface area contributed by atoms with E-state index in [0.717, 1.165) is 48.4 Å². The number of aromatic amines is 1. The number of anilines is 2. The van der Waals surface area contributed by atoms with Gasteiger partial charge in [-0.2, -0.15) is 18.4 Å². The van der Waals surface area contributed by atoms with Gasteiger partial charge in [-0.15, -0.1) is 5.10 Å². The molecule has 11 nitrogen and oxygen atoms in total. The van der Waals surface area contributed by atoms with Crippen LogP contribution in [0.2, 0.25) is 0 Å². The number of carbonyl (C=O) groups excluding carboxylic acids is 1. The zero-order valence-corrected chi connectivity index (χ0v) is 27.8. The van der Waals surface area contributed by atoms with Crippen LogP contribution in [0.15, 0.2) is 58.5 Å². The van der Waals surface area contributed by atoms with Crippen molar-refractivity contribution in [3.05, 3.63) is 86.5 Å². The number of nitriles is 1. The van der Waals surface area contributed by atoms with Crippen LogP contribution in [0.25, 0.3) is 0 Å². The van der Waals surface area contributed by atoms with Gasteiger partial charge in [0.05, 0.1) is 29.9 Å². The molecule has 1 aliphatic heterocycles. The van der Waals surface area contributed by atoms with Crippen molar-refractivity contribution < 1.29 is 32.6 Å². The lowest BCUT2D eigenvalue weighted by atomic mass is 9.53. The molecular formula is C36H39F3N6O5. The molecule has 8 rings (SSSR count). The van der Waals surface area contributed by atoms with E-state index >= 15 is 0 Å². The third-order valence-corrected chi connectivity index (χ3v) is 10.7. The van der Waals surface area contributed by atoms with Gasteiger partial charge < -0.3 is 15.2 Å². The van der Waals surface area contributed by atoms with Gasteiger partial charge in [-0.05, 0) is 124 Å².